The Morgan fingerprint density at radius 1 is 0.917 bits per heavy atom. The molecule has 0 spiro atoms. The Bertz CT molecular complexity index is 1290. The van der Waals surface area contributed by atoms with Gasteiger partial charge in [-0.2, -0.15) is 0 Å². The monoisotopic (exact) mass is 502 g/mol. The Balaban J connectivity index is 1.38. The average molecular weight is 503 g/mol. The number of anilines is 1. The Kier molecular flexibility index (Phi) is 8.07. The zero-order chi connectivity index (χ0) is 25.5. The maximum absolute atomic E-state index is 12.9. The van der Waals surface area contributed by atoms with Crippen LogP contribution in [0, 0.1) is 13.8 Å². The second-order valence-corrected chi connectivity index (χ2v) is 9.23. The maximum atomic E-state index is 12.9. The lowest BCUT2D eigenvalue weighted by Gasteiger charge is -2.13. The molecule has 0 unspecified atom stereocenters. The van der Waals surface area contributed by atoms with Gasteiger partial charge < -0.3 is 14.8 Å². The topological polar surface area (TPSA) is 84.9 Å². The number of nitrogens with zero attached hydrogens (tertiary/aromatic N) is 1. The van der Waals surface area contributed by atoms with Crippen molar-refractivity contribution in [3.05, 3.63) is 94.4 Å². The standard InChI is InChI=1S/C28H26N2O5S/c1-19-14-20(2)16-22(15-19)29-26(31)18-30-27(32)25(36-28(30)33)17-21-8-6-7-11-24(21)35-13-12-34-23-9-4-3-5-10-23/h3-11,14-17H,12-13,18H2,1-2H3,(H,29,31)/b25-17+. The lowest BCUT2D eigenvalue weighted by atomic mass is 10.1. The predicted molar refractivity (Wildman–Crippen MR) is 141 cm³/mol. The second kappa shape index (κ2) is 11.6. The molecule has 1 aliphatic rings. The zero-order valence-electron chi connectivity index (χ0n) is 20.0. The van der Waals surface area contributed by atoms with Crippen molar-refractivity contribution in [3.8, 4) is 11.5 Å². The van der Waals surface area contributed by atoms with E-state index in [9.17, 15) is 14.4 Å². The van der Waals surface area contributed by atoms with E-state index in [1.54, 1.807) is 18.2 Å². The van der Waals surface area contributed by atoms with Gasteiger partial charge in [-0.15, -0.1) is 0 Å². The number of aryl methyl sites for hydroxylation is 2. The molecule has 184 valence electrons. The highest BCUT2D eigenvalue weighted by molar-refractivity contribution is 8.18. The van der Waals surface area contributed by atoms with Crippen molar-refractivity contribution in [2.24, 2.45) is 0 Å². The predicted octanol–water partition coefficient (Wildman–Crippen LogP) is 5.44. The van der Waals surface area contributed by atoms with Crippen LogP contribution in [-0.4, -0.2) is 41.7 Å². The summed E-state index contributed by atoms with van der Waals surface area (Å²) in [5.74, 6) is 0.367. The molecule has 3 aromatic rings. The summed E-state index contributed by atoms with van der Waals surface area (Å²) in [6.07, 6.45) is 1.61. The summed E-state index contributed by atoms with van der Waals surface area (Å²) < 4.78 is 11.5. The van der Waals surface area contributed by atoms with Crippen molar-refractivity contribution < 1.29 is 23.9 Å². The number of amides is 3. The van der Waals surface area contributed by atoms with Crippen molar-refractivity contribution in [2.75, 3.05) is 25.1 Å². The van der Waals surface area contributed by atoms with E-state index in [1.807, 2.05) is 74.5 Å². The van der Waals surface area contributed by atoms with E-state index < -0.39 is 17.1 Å². The van der Waals surface area contributed by atoms with Crippen LogP contribution in [0.4, 0.5) is 10.5 Å². The van der Waals surface area contributed by atoms with E-state index in [-0.39, 0.29) is 11.4 Å². The number of thioether (sulfide) groups is 1. The molecule has 0 saturated carbocycles. The molecule has 1 fully saturated rings. The van der Waals surface area contributed by atoms with Gasteiger partial charge in [0.2, 0.25) is 5.91 Å². The average Bonchev–Trinajstić information content (AvgIpc) is 3.10. The fourth-order valence-electron chi connectivity index (χ4n) is 3.73. The molecule has 1 N–H and O–H groups in total. The van der Waals surface area contributed by atoms with E-state index in [2.05, 4.69) is 5.32 Å². The van der Waals surface area contributed by atoms with Gasteiger partial charge in [0, 0.05) is 11.3 Å². The third-order valence-corrected chi connectivity index (χ3v) is 6.15. The van der Waals surface area contributed by atoms with Gasteiger partial charge in [-0.05, 0) is 73.1 Å². The number of para-hydroxylation sites is 2. The number of ether oxygens (including phenoxy) is 2. The molecular formula is C28H26N2O5S. The molecule has 1 aliphatic heterocycles. The van der Waals surface area contributed by atoms with Gasteiger partial charge in [0.1, 0.15) is 31.3 Å². The van der Waals surface area contributed by atoms with Crippen molar-refractivity contribution >= 4 is 40.6 Å². The summed E-state index contributed by atoms with van der Waals surface area (Å²) in [6, 6.07) is 22.3. The van der Waals surface area contributed by atoms with Gasteiger partial charge in [-0.1, -0.05) is 42.5 Å². The maximum Gasteiger partial charge on any atom is 0.294 e. The summed E-state index contributed by atoms with van der Waals surface area (Å²) >= 11 is 0.802. The molecule has 36 heavy (non-hydrogen) atoms. The first kappa shape index (κ1) is 25.1. The molecule has 1 saturated heterocycles. The number of hydrogen-bond donors (Lipinski definition) is 1. The fourth-order valence-corrected chi connectivity index (χ4v) is 4.56. The van der Waals surface area contributed by atoms with Crippen LogP contribution < -0.4 is 14.8 Å². The minimum Gasteiger partial charge on any atom is -0.490 e. The van der Waals surface area contributed by atoms with E-state index >= 15 is 0 Å². The minimum absolute atomic E-state index is 0.232. The largest absolute Gasteiger partial charge is 0.490 e. The number of rotatable bonds is 9. The van der Waals surface area contributed by atoms with Crippen LogP contribution in [0.2, 0.25) is 0 Å². The van der Waals surface area contributed by atoms with Gasteiger partial charge in [0.15, 0.2) is 0 Å². The van der Waals surface area contributed by atoms with Crippen LogP contribution >= 0.6 is 11.8 Å². The lowest BCUT2D eigenvalue weighted by molar-refractivity contribution is -0.127. The summed E-state index contributed by atoms with van der Waals surface area (Å²) in [7, 11) is 0. The summed E-state index contributed by atoms with van der Waals surface area (Å²) in [6.45, 7) is 4.16. The summed E-state index contributed by atoms with van der Waals surface area (Å²) in [5, 5.41) is 2.27. The van der Waals surface area contributed by atoms with Gasteiger partial charge >= 0.3 is 0 Å². The first-order chi connectivity index (χ1) is 17.4. The van der Waals surface area contributed by atoms with Crippen molar-refractivity contribution in [2.45, 2.75) is 13.8 Å². The molecule has 3 amide bonds. The molecule has 1 heterocycles. The number of carbonyl (C=O) groups is 3. The van der Waals surface area contributed by atoms with Crippen LogP contribution in [-0.2, 0) is 9.59 Å². The Morgan fingerprint density at radius 2 is 1.58 bits per heavy atom. The highest BCUT2D eigenvalue weighted by Crippen LogP contribution is 2.34. The van der Waals surface area contributed by atoms with Gasteiger partial charge in [-0.25, -0.2) is 0 Å². The van der Waals surface area contributed by atoms with E-state index in [0.717, 1.165) is 33.5 Å². The normalized spacial score (nSPS) is 14.3. The zero-order valence-corrected chi connectivity index (χ0v) is 20.8. The number of nitrogens with one attached hydrogen (secondary N) is 1. The van der Waals surface area contributed by atoms with Crippen LogP contribution in [0.1, 0.15) is 16.7 Å². The third kappa shape index (κ3) is 6.55. The van der Waals surface area contributed by atoms with Crippen LogP contribution in [0.5, 0.6) is 11.5 Å². The highest BCUT2D eigenvalue weighted by atomic mass is 32.2. The van der Waals surface area contributed by atoms with E-state index in [1.165, 1.54) is 0 Å². The Morgan fingerprint density at radius 3 is 2.33 bits per heavy atom. The molecule has 4 rings (SSSR count). The SMILES string of the molecule is Cc1cc(C)cc(NC(=O)CN2C(=O)S/C(=C/c3ccccc3OCCOc3ccccc3)C2=O)c1. The first-order valence-corrected chi connectivity index (χ1v) is 12.2. The smallest absolute Gasteiger partial charge is 0.294 e. The van der Waals surface area contributed by atoms with Crippen molar-refractivity contribution in [3.63, 3.8) is 0 Å². The first-order valence-electron chi connectivity index (χ1n) is 11.4. The summed E-state index contributed by atoms with van der Waals surface area (Å²) in [5.41, 5.74) is 3.29. The molecule has 0 atom stereocenters. The fraction of sp³-hybridized carbons (Fsp3) is 0.179. The number of benzene rings is 3. The highest BCUT2D eigenvalue weighted by Gasteiger charge is 2.36. The van der Waals surface area contributed by atoms with Gasteiger partial charge in [0.05, 0.1) is 4.91 Å². The number of carbonyl (C=O) groups excluding carboxylic acids is 3. The molecule has 8 heteroatoms. The molecule has 7 nitrogen and oxygen atoms in total. The molecule has 0 aliphatic carbocycles. The van der Waals surface area contributed by atoms with Crippen LogP contribution in [0.15, 0.2) is 77.7 Å². The lowest BCUT2D eigenvalue weighted by Crippen LogP contribution is -2.36. The Hall–Kier alpha value is -4.04. The van der Waals surface area contributed by atoms with Crippen LogP contribution in [0.25, 0.3) is 6.08 Å². The number of hydrogen-bond acceptors (Lipinski definition) is 6. The second-order valence-electron chi connectivity index (χ2n) is 8.24. The third-order valence-electron chi connectivity index (χ3n) is 5.24. The van der Waals surface area contributed by atoms with E-state index in [0.29, 0.717) is 30.2 Å². The molecular weight excluding hydrogens is 476 g/mol. The van der Waals surface area contributed by atoms with E-state index in [4.69, 9.17) is 9.47 Å². The van der Waals surface area contributed by atoms with Gasteiger partial charge in [-0.3, -0.25) is 19.3 Å². The van der Waals surface area contributed by atoms with Crippen LogP contribution in [0.3, 0.4) is 0 Å². The van der Waals surface area contributed by atoms with Gasteiger partial charge in [0.25, 0.3) is 11.1 Å². The Labute approximate surface area is 214 Å². The number of imide groups is 1. The van der Waals surface area contributed by atoms with Crippen molar-refractivity contribution in [1.29, 1.82) is 0 Å². The molecule has 0 radical (unpaired) electrons. The van der Waals surface area contributed by atoms with Crippen molar-refractivity contribution in [1.82, 2.24) is 4.90 Å². The quantitative estimate of drug-likeness (QED) is 0.310. The molecule has 0 aromatic heterocycles. The minimum atomic E-state index is -0.511. The summed E-state index contributed by atoms with van der Waals surface area (Å²) in [4.78, 5) is 39.1. The molecule has 3 aromatic carbocycles. The molecule has 0 bridgehead atoms.